The molecule has 0 aliphatic carbocycles. The Labute approximate surface area is 199 Å². The SMILES string of the molecule is CCC(CCCCCCCCCOC(=O)CCC(C)I)OC(=O)CCC(C)I. The number of unbranched alkanes of at least 4 members (excludes halogenated alkanes) is 6. The minimum absolute atomic E-state index is 0.0418. The van der Waals surface area contributed by atoms with Crippen LogP contribution >= 0.6 is 45.2 Å². The van der Waals surface area contributed by atoms with Crippen LogP contribution in [0.25, 0.3) is 0 Å². The average Bonchev–Trinajstić information content (AvgIpc) is 2.65. The molecule has 0 saturated heterocycles. The Kier molecular flexibility index (Phi) is 19.6. The van der Waals surface area contributed by atoms with Gasteiger partial charge in [-0.05, 0) is 38.5 Å². The van der Waals surface area contributed by atoms with Gasteiger partial charge in [-0.1, -0.05) is 98.1 Å². The van der Waals surface area contributed by atoms with Crippen LogP contribution in [0, 0.1) is 0 Å². The van der Waals surface area contributed by atoms with Gasteiger partial charge in [-0.15, -0.1) is 0 Å². The summed E-state index contributed by atoms with van der Waals surface area (Å²) in [4.78, 5) is 23.3. The molecule has 6 heteroatoms. The van der Waals surface area contributed by atoms with Crippen molar-refractivity contribution in [3.8, 4) is 0 Å². The van der Waals surface area contributed by atoms with E-state index in [4.69, 9.17) is 9.47 Å². The van der Waals surface area contributed by atoms with Crippen LogP contribution in [-0.4, -0.2) is 32.5 Å². The first-order valence-electron chi connectivity index (χ1n) is 11.0. The monoisotopic (exact) mass is 622 g/mol. The fourth-order valence-electron chi connectivity index (χ4n) is 2.84. The lowest BCUT2D eigenvalue weighted by molar-refractivity contribution is -0.149. The topological polar surface area (TPSA) is 52.6 Å². The van der Waals surface area contributed by atoms with Crippen molar-refractivity contribution in [2.45, 2.75) is 118 Å². The summed E-state index contributed by atoms with van der Waals surface area (Å²) >= 11 is 4.67. The summed E-state index contributed by atoms with van der Waals surface area (Å²) < 4.78 is 11.9. The zero-order chi connectivity index (χ0) is 21.2. The van der Waals surface area contributed by atoms with Gasteiger partial charge in [0.05, 0.1) is 6.61 Å². The van der Waals surface area contributed by atoms with E-state index in [9.17, 15) is 9.59 Å². The van der Waals surface area contributed by atoms with E-state index in [0.29, 0.717) is 27.3 Å². The number of hydrogen-bond donors (Lipinski definition) is 0. The summed E-state index contributed by atoms with van der Waals surface area (Å²) in [6.45, 7) is 6.88. The standard InChI is InChI=1S/C22H40I2O4/c1-4-20(28-22(26)16-14-19(3)24)12-10-8-6-5-7-9-11-17-27-21(25)15-13-18(2)23/h18-20H,4-17H2,1-3H3. The van der Waals surface area contributed by atoms with E-state index in [1.54, 1.807) is 0 Å². The molecule has 0 heterocycles. The molecule has 0 fully saturated rings. The maximum atomic E-state index is 11.8. The molecule has 3 unspecified atom stereocenters. The lowest BCUT2D eigenvalue weighted by atomic mass is 10.1. The molecule has 0 aliphatic heterocycles. The lowest BCUT2D eigenvalue weighted by Crippen LogP contribution is -2.17. The molecule has 0 aromatic heterocycles. The van der Waals surface area contributed by atoms with Gasteiger partial charge in [-0.25, -0.2) is 0 Å². The van der Waals surface area contributed by atoms with E-state index < -0.39 is 0 Å². The minimum Gasteiger partial charge on any atom is -0.466 e. The second kappa shape index (κ2) is 19.4. The third-order valence-corrected chi connectivity index (χ3v) is 5.93. The molecule has 0 aliphatic rings. The molecular formula is C22H40I2O4. The van der Waals surface area contributed by atoms with Gasteiger partial charge >= 0.3 is 11.9 Å². The van der Waals surface area contributed by atoms with Gasteiger partial charge in [0.25, 0.3) is 0 Å². The van der Waals surface area contributed by atoms with Gasteiger partial charge < -0.3 is 9.47 Å². The molecule has 0 aromatic carbocycles. The van der Waals surface area contributed by atoms with Crippen LogP contribution in [0.1, 0.15) is 104 Å². The quantitative estimate of drug-likeness (QED) is 0.0704. The predicted molar refractivity (Wildman–Crippen MR) is 133 cm³/mol. The molecule has 3 atom stereocenters. The third-order valence-electron chi connectivity index (χ3n) is 4.68. The number of esters is 2. The summed E-state index contributed by atoms with van der Waals surface area (Å²) in [5.41, 5.74) is 0. The van der Waals surface area contributed by atoms with Gasteiger partial charge in [-0.2, -0.15) is 0 Å². The van der Waals surface area contributed by atoms with E-state index in [1.807, 2.05) is 0 Å². The van der Waals surface area contributed by atoms with Crippen molar-refractivity contribution >= 4 is 57.1 Å². The summed E-state index contributed by atoms with van der Waals surface area (Å²) in [5.74, 6) is -0.0987. The van der Waals surface area contributed by atoms with Crippen molar-refractivity contribution in [1.29, 1.82) is 0 Å². The number of rotatable bonds is 18. The van der Waals surface area contributed by atoms with Crippen LogP contribution in [-0.2, 0) is 19.1 Å². The summed E-state index contributed by atoms with van der Waals surface area (Å²) in [6, 6.07) is 0. The maximum absolute atomic E-state index is 11.8. The van der Waals surface area contributed by atoms with Crippen LogP contribution in [0.5, 0.6) is 0 Å². The number of carbonyl (C=O) groups excluding carboxylic acids is 2. The van der Waals surface area contributed by atoms with Crippen LogP contribution in [0.15, 0.2) is 0 Å². The zero-order valence-electron chi connectivity index (χ0n) is 18.0. The largest absolute Gasteiger partial charge is 0.466 e. The Morgan fingerprint density at radius 1 is 0.750 bits per heavy atom. The van der Waals surface area contributed by atoms with E-state index in [-0.39, 0.29) is 18.0 Å². The van der Waals surface area contributed by atoms with Crippen molar-refractivity contribution in [2.75, 3.05) is 6.61 Å². The number of carbonyl (C=O) groups is 2. The van der Waals surface area contributed by atoms with Crippen LogP contribution in [0.2, 0.25) is 0 Å². The molecule has 0 bridgehead atoms. The smallest absolute Gasteiger partial charge is 0.306 e. The summed E-state index contributed by atoms with van der Waals surface area (Å²) in [5, 5.41) is 0. The zero-order valence-corrected chi connectivity index (χ0v) is 22.3. The molecule has 0 N–H and O–H groups in total. The lowest BCUT2D eigenvalue weighted by Gasteiger charge is -2.16. The van der Waals surface area contributed by atoms with Crippen LogP contribution in [0.4, 0.5) is 0 Å². The molecule has 0 amide bonds. The molecule has 4 nitrogen and oxygen atoms in total. The molecule has 0 saturated carbocycles. The highest BCUT2D eigenvalue weighted by atomic mass is 127. The Morgan fingerprint density at radius 2 is 1.25 bits per heavy atom. The van der Waals surface area contributed by atoms with E-state index in [0.717, 1.165) is 44.9 Å². The van der Waals surface area contributed by atoms with Gasteiger partial charge in [0, 0.05) is 20.7 Å². The van der Waals surface area contributed by atoms with Crippen molar-refractivity contribution in [3.63, 3.8) is 0 Å². The predicted octanol–water partition coefficient (Wildman–Crippen LogP) is 7.18. The maximum Gasteiger partial charge on any atom is 0.306 e. The minimum atomic E-state index is -0.0569. The highest BCUT2D eigenvalue weighted by Crippen LogP contribution is 2.15. The summed E-state index contributed by atoms with van der Waals surface area (Å²) in [6.07, 6.45) is 12.9. The molecule has 0 spiro atoms. The Hall–Kier alpha value is 0.400. The number of ether oxygens (including phenoxy) is 2. The van der Waals surface area contributed by atoms with Crippen LogP contribution < -0.4 is 0 Å². The average molecular weight is 622 g/mol. The Bertz CT molecular complexity index is 400. The molecule has 28 heavy (non-hydrogen) atoms. The van der Waals surface area contributed by atoms with E-state index in [1.165, 1.54) is 25.7 Å². The molecule has 0 radical (unpaired) electrons. The van der Waals surface area contributed by atoms with Crippen LogP contribution in [0.3, 0.4) is 0 Å². The number of alkyl halides is 2. The fourth-order valence-corrected chi connectivity index (χ4v) is 3.46. The van der Waals surface area contributed by atoms with Gasteiger partial charge in [0.15, 0.2) is 0 Å². The number of halogens is 2. The van der Waals surface area contributed by atoms with Gasteiger partial charge in [0.2, 0.25) is 0 Å². The molecular weight excluding hydrogens is 582 g/mol. The second-order valence-corrected chi connectivity index (χ2v) is 11.9. The summed E-state index contributed by atoms with van der Waals surface area (Å²) in [7, 11) is 0. The molecule has 0 aromatic rings. The Morgan fingerprint density at radius 3 is 1.79 bits per heavy atom. The normalized spacial score (nSPS) is 14.3. The first-order valence-corrected chi connectivity index (χ1v) is 13.5. The van der Waals surface area contributed by atoms with Crippen molar-refractivity contribution < 1.29 is 19.1 Å². The fraction of sp³-hybridized carbons (Fsp3) is 0.909. The van der Waals surface area contributed by atoms with Gasteiger partial charge in [-0.3, -0.25) is 9.59 Å². The first-order chi connectivity index (χ1) is 13.3. The molecule has 166 valence electrons. The molecule has 0 rings (SSSR count). The highest BCUT2D eigenvalue weighted by Gasteiger charge is 2.13. The van der Waals surface area contributed by atoms with Crippen molar-refractivity contribution in [2.24, 2.45) is 0 Å². The number of hydrogen-bond acceptors (Lipinski definition) is 4. The Balaban J connectivity index is 3.50. The first kappa shape index (κ1) is 28.4. The van der Waals surface area contributed by atoms with Crippen molar-refractivity contribution in [3.05, 3.63) is 0 Å². The van der Waals surface area contributed by atoms with E-state index in [2.05, 4.69) is 66.0 Å². The second-order valence-electron chi connectivity index (χ2n) is 7.64. The van der Waals surface area contributed by atoms with Crippen molar-refractivity contribution in [1.82, 2.24) is 0 Å². The van der Waals surface area contributed by atoms with Gasteiger partial charge in [0.1, 0.15) is 6.10 Å². The third kappa shape index (κ3) is 19.7. The van der Waals surface area contributed by atoms with E-state index >= 15 is 0 Å². The highest BCUT2D eigenvalue weighted by molar-refractivity contribution is 14.1.